The van der Waals surface area contributed by atoms with E-state index in [2.05, 4.69) is 120 Å². The molecule has 0 spiro atoms. The quantitative estimate of drug-likeness (QED) is 0.176. The van der Waals surface area contributed by atoms with Crippen LogP contribution in [-0.4, -0.2) is 24.5 Å². The smallest absolute Gasteiger partial charge is 0.164 e. The fourth-order valence-electron chi connectivity index (χ4n) is 7.42. The van der Waals surface area contributed by atoms with Gasteiger partial charge in [-0.2, -0.15) is 0 Å². The summed E-state index contributed by atoms with van der Waals surface area (Å²) in [4.78, 5) is 19.5. The van der Waals surface area contributed by atoms with Gasteiger partial charge in [0.15, 0.2) is 17.5 Å². The zero-order valence-electron chi connectivity index (χ0n) is 28.6. The minimum absolute atomic E-state index is 0.629. The molecule has 0 aliphatic carbocycles. The summed E-state index contributed by atoms with van der Waals surface area (Å²) in [6.45, 7) is 0. The van der Waals surface area contributed by atoms with E-state index in [9.17, 15) is 0 Å². The Labute approximate surface area is 306 Å². The zero-order valence-corrected chi connectivity index (χ0v) is 28.6. The van der Waals surface area contributed by atoms with Crippen molar-refractivity contribution in [1.82, 2.24) is 24.5 Å². The Morgan fingerprint density at radius 1 is 0.358 bits per heavy atom. The van der Waals surface area contributed by atoms with Crippen LogP contribution >= 0.6 is 0 Å². The van der Waals surface area contributed by atoms with Crippen LogP contribution in [0.15, 0.2) is 188 Å². The van der Waals surface area contributed by atoms with Gasteiger partial charge in [-0.25, -0.2) is 15.0 Å². The van der Waals surface area contributed by atoms with Crippen LogP contribution in [-0.2, 0) is 0 Å². The Kier molecular flexibility index (Phi) is 7.40. The van der Waals surface area contributed by atoms with Gasteiger partial charge in [-0.05, 0) is 64.7 Å². The molecule has 10 rings (SSSR count). The fourth-order valence-corrected chi connectivity index (χ4v) is 7.42. The van der Waals surface area contributed by atoms with Gasteiger partial charge in [0, 0.05) is 44.7 Å². The molecule has 0 atom stereocenters. The number of benzene rings is 7. The first kappa shape index (κ1) is 30.6. The number of hydrogen-bond acceptors (Lipinski definition) is 4. The molecular weight excluding hydrogens is 647 g/mol. The molecule has 0 aliphatic heterocycles. The van der Waals surface area contributed by atoms with E-state index >= 15 is 0 Å². The van der Waals surface area contributed by atoms with Crippen molar-refractivity contribution in [3.05, 3.63) is 188 Å². The minimum atomic E-state index is 0.629. The Morgan fingerprint density at radius 2 is 0.887 bits per heavy atom. The minimum Gasteiger partial charge on any atom is -0.309 e. The predicted molar refractivity (Wildman–Crippen MR) is 217 cm³/mol. The molecule has 3 heterocycles. The van der Waals surface area contributed by atoms with Crippen molar-refractivity contribution in [3.63, 3.8) is 0 Å². The van der Waals surface area contributed by atoms with Gasteiger partial charge >= 0.3 is 0 Å². The third-order valence-corrected chi connectivity index (χ3v) is 9.91. The standard InChI is InChI=1S/C48H31N5/c1-4-13-33(14-5-1)46-50-47(34-15-6-2-7-16-34)52-48(51-46)35-24-22-32(23-25-35)45-38(27-28-42-40(45)20-12-30-49-42)36-26-29-44-41(31-36)39-19-10-11-21-43(39)53(44)37-17-8-3-9-18-37/h1-31H. The average Bonchev–Trinajstić information content (AvgIpc) is 3.58. The number of pyridine rings is 1. The van der Waals surface area contributed by atoms with Crippen LogP contribution in [0.3, 0.4) is 0 Å². The molecule has 3 aromatic heterocycles. The molecule has 0 fully saturated rings. The molecule has 0 radical (unpaired) electrons. The van der Waals surface area contributed by atoms with Crippen molar-refractivity contribution in [2.75, 3.05) is 0 Å². The van der Waals surface area contributed by atoms with Crippen molar-refractivity contribution in [2.24, 2.45) is 0 Å². The van der Waals surface area contributed by atoms with Crippen molar-refractivity contribution in [3.8, 4) is 62.1 Å². The molecule has 248 valence electrons. The number of hydrogen-bond donors (Lipinski definition) is 0. The molecule has 5 nitrogen and oxygen atoms in total. The van der Waals surface area contributed by atoms with Crippen LogP contribution in [0.1, 0.15) is 0 Å². The lowest BCUT2D eigenvalue weighted by molar-refractivity contribution is 1.07. The predicted octanol–water partition coefficient (Wildman–Crippen LogP) is 11.9. The van der Waals surface area contributed by atoms with E-state index in [1.807, 2.05) is 72.9 Å². The maximum atomic E-state index is 4.96. The van der Waals surface area contributed by atoms with Gasteiger partial charge in [0.05, 0.1) is 16.6 Å². The van der Waals surface area contributed by atoms with E-state index < -0.39 is 0 Å². The molecule has 0 saturated heterocycles. The number of aromatic nitrogens is 5. The van der Waals surface area contributed by atoms with Gasteiger partial charge in [0.2, 0.25) is 0 Å². The second kappa shape index (κ2) is 12.8. The van der Waals surface area contributed by atoms with Gasteiger partial charge in [-0.15, -0.1) is 0 Å². The summed E-state index contributed by atoms with van der Waals surface area (Å²) in [5.41, 5.74) is 11.8. The largest absolute Gasteiger partial charge is 0.309 e. The lowest BCUT2D eigenvalue weighted by atomic mass is 9.90. The third-order valence-electron chi connectivity index (χ3n) is 9.91. The molecule has 10 aromatic rings. The van der Waals surface area contributed by atoms with E-state index in [0.29, 0.717) is 17.5 Å². The molecule has 0 bridgehead atoms. The summed E-state index contributed by atoms with van der Waals surface area (Å²) >= 11 is 0. The van der Waals surface area contributed by atoms with Crippen molar-refractivity contribution in [2.45, 2.75) is 0 Å². The van der Waals surface area contributed by atoms with Gasteiger partial charge in [0.1, 0.15) is 0 Å². The second-order valence-corrected chi connectivity index (χ2v) is 13.1. The van der Waals surface area contributed by atoms with E-state index in [1.54, 1.807) is 0 Å². The lowest BCUT2D eigenvalue weighted by Gasteiger charge is -2.15. The molecule has 7 aromatic carbocycles. The summed E-state index contributed by atoms with van der Waals surface area (Å²) in [6, 6.07) is 63.3. The molecular formula is C48H31N5. The number of fused-ring (bicyclic) bond motifs is 4. The highest BCUT2D eigenvalue weighted by molar-refractivity contribution is 6.11. The van der Waals surface area contributed by atoms with Crippen LogP contribution in [0.25, 0.3) is 94.8 Å². The van der Waals surface area contributed by atoms with Gasteiger partial charge in [-0.3, -0.25) is 4.98 Å². The van der Waals surface area contributed by atoms with E-state index in [-0.39, 0.29) is 0 Å². The van der Waals surface area contributed by atoms with Crippen LogP contribution in [0.4, 0.5) is 0 Å². The van der Waals surface area contributed by atoms with Crippen LogP contribution < -0.4 is 0 Å². The van der Waals surface area contributed by atoms with Crippen LogP contribution in [0, 0.1) is 0 Å². The molecule has 0 N–H and O–H groups in total. The molecule has 53 heavy (non-hydrogen) atoms. The molecule has 0 aliphatic rings. The molecule has 0 amide bonds. The number of para-hydroxylation sites is 2. The summed E-state index contributed by atoms with van der Waals surface area (Å²) in [5.74, 6) is 1.92. The van der Waals surface area contributed by atoms with E-state index in [0.717, 1.165) is 55.5 Å². The van der Waals surface area contributed by atoms with Gasteiger partial charge < -0.3 is 4.57 Å². The zero-order chi connectivity index (χ0) is 35.1. The summed E-state index contributed by atoms with van der Waals surface area (Å²) < 4.78 is 2.35. The topological polar surface area (TPSA) is 56.5 Å². The first-order valence-corrected chi connectivity index (χ1v) is 17.7. The SMILES string of the molecule is c1ccc(-c2nc(-c3ccccc3)nc(-c3ccc(-c4c(-c5ccc6c(c5)c5ccccc5n6-c5ccccc5)ccc5ncccc45)cc3)n2)cc1. The summed E-state index contributed by atoms with van der Waals surface area (Å²) in [6.07, 6.45) is 1.86. The molecule has 0 saturated carbocycles. The van der Waals surface area contributed by atoms with E-state index in [1.165, 1.54) is 21.8 Å². The highest BCUT2D eigenvalue weighted by Crippen LogP contribution is 2.41. The summed E-state index contributed by atoms with van der Waals surface area (Å²) in [5, 5.41) is 3.54. The van der Waals surface area contributed by atoms with Crippen LogP contribution in [0.2, 0.25) is 0 Å². The molecule has 5 heteroatoms. The average molecular weight is 678 g/mol. The molecule has 0 unspecified atom stereocenters. The Balaban J connectivity index is 1.12. The Bertz CT molecular complexity index is 2860. The van der Waals surface area contributed by atoms with Crippen molar-refractivity contribution < 1.29 is 0 Å². The maximum absolute atomic E-state index is 4.96. The van der Waals surface area contributed by atoms with Crippen LogP contribution in [0.5, 0.6) is 0 Å². The fraction of sp³-hybridized carbons (Fsp3) is 0. The van der Waals surface area contributed by atoms with Gasteiger partial charge in [-0.1, -0.05) is 140 Å². The van der Waals surface area contributed by atoms with Gasteiger partial charge in [0.25, 0.3) is 0 Å². The monoisotopic (exact) mass is 677 g/mol. The lowest BCUT2D eigenvalue weighted by Crippen LogP contribution is -2.00. The maximum Gasteiger partial charge on any atom is 0.164 e. The Morgan fingerprint density at radius 3 is 1.57 bits per heavy atom. The summed E-state index contributed by atoms with van der Waals surface area (Å²) in [7, 11) is 0. The van der Waals surface area contributed by atoms with Crippen molar-refractivity contribution >= 4 is 32.7 Å². The first-order valence-electron chi connectivity index (χ1n) is 17.7. The first-order chi connectivity index (χ1) is 26.3. The number of rotatable bonds is 6. The normalized spacial score (nSPS) is 11.4. The highest BCUT2D eigenvalue weighted by atomic mass is 15.0. The Hall–Kier alpha value is -7.24. The number of nitrogens with zero attached hydrogens (tertiary/aromatic N) is 5. The third kappa shape index (κ3) is 5.43. The second-order valence-electron chi connectivity index (χ2n) is 13.1. The van der Waals surface area contributed by atoms with E-state index in [4.69, 9.17) is 19.9 Å². The highest BCUT2D eigenvalue weighted by Gasteiger charge is 2.18. The van der Waals surface area contributed by atoms with Crippen molar-refractivity contribution in [1.29, 1.82) is 0 Å².